The number of hydrogen-bond acceptors (Lipinski definition) is 5. The second-order valence-electron chi connectivity index (χ2n) is 6.69. The molecule has 3 amide bonds. The number of nitrogens with one attached hydrogen (secondary N) is 3. The third kappa shape index (κ3) is 6.10. The average Bonchev–Trinajstić information content (AvgIpc) is 2.81. The number of rotatable bonds is 5. The highest BCUT2D eigenvalue weighted by molar-refractivity contribution is 9.10. The van der Waals surface area contributed by atoms with Crippen LogP contribution in [0.15, 0.2) is 65.3 Å². The van der Waals surface area contributed by atoms with Crippen LogP contribution in [0.3, 0.4) is 0 Å². The number of amides is 3. The summed E-state index contributed by atoms with van der Waals surface area (Å²) < 4.78 is 44.5. The number of halogens is 4. The van der Waals surface area contributed by atoms with E-state index in [0.717, 1.165) is 6.07 Å². The number of alkyl halides is 3. The van der Waals surface area contributed by atoms with Gasteiger partial charge in [-0.15, -0.1) is 0 Å². The summed E-state index contributed by atoms with van der Waals surface area (Å²) in [5.41, 5.74) is 3.14. The zero-order valence-electron chi connectivity index (χ0n) is 17.4. The number of benzene rings is 2. The van der Waals surface area contributed by atoms with E-state index < -0.39 is 29.5 Å². The first-order chi connectivity index (χ1) is 16.1. The van der Waals surface area contributed by atoms with E-state index in [0.29, 0.717) is 11.8 Å². The molecule has 3 rings (SSSR count). The first-order valence-corrected chi connectivity index (χ1v) is 10.3. The lowest BCUT2D eigenvalue weighted by Gasteiger charge is -2.12. The topological polar surface area (TPSA) is 109 Å². The minimum absolute atomic E-state index is 0.102. The Morgan fingerprint density at radius 3 is 2.18 bits per heavy atom. The monoisotopic (exact) mass is 536 g/mol. The molecule has 0 bridgehead atoms. The van der Waals surface area contributed by atoms with Crippen molar-refractivity contribution in [3.63, 3.8) is 0 Å². The quantitative estimate of drug-likeness (QED) is 0.425. The number of ether oxygens (including phenoxy) is 1. The lowest BCUT2D eigenvalue weighted by atomic mass is 10.1. The highest BCUT2D eigenvalue weighted by Gasteiger charge is 2.33. The molecule has 0 aliphatic rings. The Morgan fingerprint density at radius 1 is 0.882 bits per heavy atom. The van der Waals surface area contributed by atoms with Gasteiger partial charge in [0.05, 0.1) is 5.56 Å². The molecule has 12 heteroatoms. The molecule has 0 saturated carbocycles. The van der Waals surface area contributed by atoms with Crippen molar-refractivity contribution in [3.05, 3.63) is 87.7 Å². The number of carbonyl (C=O) groups is 3. The predicted molar refractivity (Wildman–Crippen MR) is 118 cm³/mol. The summed E-state index contributed by atoms with van der Waals surface area (Å²) in [5.74, 6) is -1.50. The number of nitrogens with zero attached hydrogens (tertiary/aromatic N) is 1. The lowest BCUT2D eigenvalue weighted by Crippen LogP contribution is -2.41. The molecular formula is C22H16BrF3N4O4. The van der Waals surface area contributed by atoms with Crippen LogP contribution in [0.5, 0.6) is 11.5 Å². The molecule has 0 radical (unpaired) electrons. The Labute approximate surface area is 199 Å². The van der Waals surface area contributed by atoms with Crippen LogP contribution < -0.4 is 20.9 Å². The number of hydrogen-bond donors (Lipinski definition) is 3. The van der Waals surface area contributed by atoms with E-state index in [1.807, 2.05) is 0 Å². The SMILES string of the molecule is CNC(=O)c1cc(Oc2cccc(C(=O)NNC(=O)c3ccc(Br)c(C(F)(F)F)c3)c2)ccn1. The molecule has 1 heterocycles. The molecule has 0 saturated heterocycles. The molecular weight excluding hydrogens is 521 g/mol. The van der Waals surface area contributed by atoms with Crippen LogP contribution in [0.2, 0.25) is 0 Å². The van der Waals surface area contributed by atoms with Crippen LogP contribution in [0.4, 0.5) is 13.2 Å². The zero-order chi connectivity index (χ0) is 24.9. The van der Waals surface area contributed by atoms with E-state index in [2.05, 4.69) is 37.1 Å². The minimum Gasteiger partial charge on any atom is -0.457 e. The molecule has 8 nitrogen and oxygen atoms in total. The van der Waals surface area contributed by atoms with E-state index in [1.54, 1.807) is 6.07 Å². The van der Waals surface area contributed by atoms with Crippen LogP contribution in [0.25, 0.3) is 0 Å². The Kier molecular flexibility index (Phi) is 7.51. The van der Waals surface area contributed by atoms with Gasteiger partial charge in [0.1, 0.15) is 17.2 Å². The minimum atomic E-state index is -4.66. The van der Waals surface area contributed by atoms with Gasteiger partial charge in [-0.05, 0) is 42.5 Å². The second-order valence-corrected chi connectivity index (χ2v) is 7.54. The van der Waals surface area contributed by atoms with Gasteiger partial charge >= 0.3 is 6.18 Å². The average molecular weight is 537 g/mol. The van der Waals surface area contributed by atoms with Gasteiger partial charge in [0.2, 0.25) is 0 Å². The van der Waals surface area contributed by atoms with E-state index in [-0.39, 0.29) is 27.0 Å². The number of pyridine rings is 1. The van der Waals surface area contributed by atoms with Crippen LogP contribution in [0, 0.1) is 0 Å². The van der Waals surface area contributed by atoms with Crippen LogP contribution in [-0.2, 0) is 6.18 Å². The highest BCUT2D eigenvalue weighted by atomic mass is 79.9. The Bertz CT molecular complexity index is 1250. The summed E-state index contributed by atoms with van der Waals surface area (Å²) in [6.45, 7) is 0. The standard InChI is InChI=1S/C22H16BrF3N4O4/c1-27-21(33)18-11-15(7-8-28-18)34-14-4-2-3-12(9-14)19(31)29-30-20(32)13-5-6-17(23)16(10-13)22(24,25)26/h2-11H,1H3,(H,27,33)(H,29,31)(H,30,32). The van der Waals surface area contributed by atoms with Crippen molar-refractivity contribution in [2.45, 2.75) is 6.18 Å². The molecule has 176 valence electrons. The van der Waals surface area contributed by atoms with Gasteiger partial charge in [0.25, 0.3) is 17.7 Å². The van der Waals surface area contributed by atoms with E-state index in [1.165, 1.54) is 49.6 Å². The second kappa shape index (κ2) is 10.3. The Morgan fingerprint density at radius 2 is 1.53 bits per heavy atom. The molecule has 2 aromatic carbocycles. The van der Waals surface area contributed by atoms with Gasteiger partial charge < -0.3 is 10.1 Å². The predicted octanol–water partition coefficient (Wildman–Crippen LogP) is 4.09. The van der Waals surface area contributed by atoms with Crippen molar-refractivity contribution in [1.82, 2.24) is 21.2 Å². The number of aromatic nitrogens is 1. The van der Waals surface area contributed by atoms with Gasteiger partial charge in [-0.3, -0.25) is 30.2 Å². The number of hydrazine groups is 1. The van der Waals surface area contributed by atoms with Gasteiger partial charge in [-0.2, -0.15) is 13.2 Å². The molecule has 0 spiro atoms. The van der Waals surface area contributed by atoms with Crippen molar-refractivity contribution in [1.29, 1.82) is 0 Å². The van der Waals surface area contributed by atoms with Crippen molar-refractivity contribution in [2.24, 2.45) is 0 Å². The van der Waals surface area contributed by atoms with Crippen LogP contribution in [0.1, 0.15) is 36.8 Å². The molecule has 34 heavy (non-hydrogen) atoms. The van der Waals surface area contributed by atoms with Crippen molar-refractivity contribution in [2.75, 3.05) is 7.05 Å². The third-order valence-electron chi connectivity index (χ3n) is 4.35. The maximum Gasteiger partial charge on any atom is 0.417 e. The lowest BCUT2D eigenvalue weighted by molar-refractivity contribution is -0.138. The maximum absolute atomic E-state index is 13.0. The van der Waals surface area contributed by atoms with Crippen molar-refractivity contribution >= 4 is 33.7 Å². The highest BCUT2D eigenvalue weighted by Crippen LogP contribution is 2.35. The van der Waals surface area contributed by atoms with Gasteiger partial charge in [-0.25, -0.2) is 0 Å². The Balaban J connectivity index is 1.67. The first-order valence-electron chi connectivity index (χ1n) is 9.52. The fraction of sp³-hybridized carbons (Fsp3) is 0.0909. The van der Waals surface area contributed by atoms with Gasteiger partial charge in [0, 0.05) is 34.9 Å². The van der Waals surface area contributed by atoms with Gasteiger partial charge in [0.15, 0.2) is 0 Å². The molecule has 0 unspecified atom stereocenters. The summed E-state index contributed by atoms with van der Waals surface area (Å²) in [4.78, 5) is 40.3. The largest absolute Gasteiger partial charge is 0.457 e. The third-order valence-corrected chi connectivity index (χ3v) is 5.04. The maximum atomic E-state index is 13.0. The van der Waals surface area contributed by atoms with E-state index in [9.17, 15) is 27.6 Å². The molecule has 0 aliphatic carbocycles. The fourth-order valence-corrected chi connectivity index (χ4v) is 3.18. The summed E-state index contributed by atoms with van der Waals surface area (Å²) in [6, 6.07) is 11.8. The normalized spacial score (nSPS) is 10.9. The molecule has 0 fully saturated rings. The first kappa shape index (κ1) is 24.7. The molecule has 0 aliphatic heterocycles. The van der Waals surface area contributed by atoms with Crippen molar-refractivity contribution in [3.8, 4) is 11.5 Å². The smallest absolute Gasteiger partial charge is 0.417 e. The summed E-state index contributed by atoms with van der Waals surface area (Å²) >= 11 is 2.80. The summed E-state index contributed by atoms with van der Waals surface area (Å²) in [7, 11) is 1.46. The molecule has 3 aromatic rings. The van der Waals surface area contributed by atoms with E-state index >= 15 is 0 Å². The van der Waals surface area contributed by atoms with Crippen molar-refractivity contribution < 1.29 is 32.3 Å². The van der Waals surface area contributed by atoms with Crippen LogP contribution in [-0.4, -0.2) is 29.8 Å². The van der Waals surface area contributed by atoms with Gasteiger partial charge in [-0.1, -0.05) is 22.0 Å². The number of carbonyl (C=O) groups excluding carboxylic acids is 3. The molecule has 3 N–H and O–H groups in total. The molecule has 0 atom stereocenters. The van der Waals surface area contributed by atoms with Crippen LogP contribution >= 0.6 is 15.9 Å². The summed E-state index contributed by atoms with van der Waals surface area (Å²) in [5, 5.41) is 2.44. The zero-order valence-corrected chi connectivity index (χ0v) is 19.0. The van der Waals surface area contributed by atoms with E-state index in [4.69, 9.17) is 4.74 Å². The Hall–Kier alpha value is -3.93. The summed E-state index contributed by atoms with van der Waals surface area (Å²) in [6.07, 6.45) is -3.27. The fourth-order valence-electron chi connectivity index (χ4n) is 2.71. The molecule has 1 aromatic heterocycles.